The van der Waals surface area contributed by atoms with Gasteiger partial charge in [-0.15, -0.1) is 0 Å². The van der Waals surface area contributed by atoms with E-state index < -0.39 is 10.0 Å². The Morgan fingerprint density at radius 2 is 2.31 bits per heavy atom. The van der Waals surface area contributed by atoms with Crippen LogP contribution in [0.2, 0.25) is 0 Å². The zero-order valence-electron chi connectivity index (χ0n) is 9.62. The van der Waals surface area contributed by atoms with Crippen molar-refractivity contribution in [1.29, 1.82) is 0 Å². The second-order valence-corrected chi connectivity index (χ2v) is 7.30. The summed E-state index contributed by atoms with van der Waals surface area (Å²) in [7, 11) is -3.18. The predicted octanol–water partition coefficient (Wildman–Crippen LogP) is 1.65. The zero-order valence-corrected chi connectivity index (χ0v) is 12.0. The van der Waals surface area contributed by atoms with Gasteiger partial charge in [-0.05, 0) is 19.3 Å². The summed E-state index contributed by atoms with van der Waals surface area (Å²) in [5.74, 6) is 0.0961. The number of nitrogens with one attached hydrogen (secondary N) is 1. The molecule has 96 valence electrons. The molecule has 2 unspecified atom stereocenters. The van der Waals surface area contributed by atoms with Crippen molar-refractivity contribution in [2.45, 2.75) is 43.5 Å². The molecule has 0 bridgehead atoms. The van der Waals surface area contributed by atoms with Crippen LogP contribution in [0.25, 0.3) is 0 Å². The number of hydrogen-bond donors (Lipinski definition) is 1. The summed E-state index contributed by atoms with van der Waals surface area (Å²) >= 11 is 3.45. The topological polar surface area (TPSA) is 55.4 Å². The molecular weight excluding hydrogens is 294 g/mol. The lowest BCUT2D eigenvalue weighted by Crippen LogP contribution is -2.35. The molecule has 1 N–H and O–H groups in total. The number of sulfonamides is 1. The van der Waals surface area contributed by atoms with E-state index in [4.69, 9.17) is 4.74 Å². The number of rotatable bonds is 7. The minimum atomic E-state index is -3.18. The van der Waals surface area contributed by atoms with E-state index in [2.05, 4.69) is 27.6 Å². The summed E-state index contributed by atoms with van der Waals surface area (Å²) in [5.41, 5.74) is 0. The van der Waals surface area contributed by atoms with Crippen molar-refractivity contribution in [2.75, 3.05) is 18.9 Å². The summed E-state index contributed by atoms with van der Waals surface area (Å²) in [6, 6.07) is 0. The molecule has 1 heterocycles. The first-order valence-electron chi connectivity index (χ1n) is 5.76. The van der Waals surface area contributed by atoms with Crippen molar-refractivity contribution in [3.63, 3.8) is 0 Å². The van der Waals surface area contributed by atoms with Crippen LogP contribution in [0.4, 0.5) is 0 Å². The first-order valence-corrected chi connectivity index (χ1v) is 8.33. The number of hydrogen-bond acceptors (Lipinski definition) is 3. The third-order valence-electron chi connectivity index (χ3n) is 2.56. The summed E-state index contributed by atoms with van der Waals surface area (Å²) in [4.78, 5) is 0.219. The Hall–Kier alpha value is 0.350. The van der Waals surface area contributed by atoms with Gasteiger partial charge in [-0.25, -0.2) is 13.1 Å². The second kappa shape index (κ2) is 6.93. The van der Waals surface area contributed by atoms with Gasteiger partial charge < -0.3 is 4.74 Å². The summed E-state index contributed by atoms with van der Waals surface area (Å²) < 4.78 is 31.3. The van der Waals surface area contributed by atoms with Gasteiger partial charge in [-0.3, -0.25) is 0 Å². The lowest BCUT2D eigenvalue weighted by molar-refractivity contribution is 0.127. The van der Waals surface area contributed by atoms with Crippen LogP contribution < -0.4 is 4.72 Å². The van der Waals surface area contributed by atoms with Gasteiger partial charge in [0, 0.05) is 18.0 Å². The standard InChI is InChI=1S/C10H20BrNO3S/c1-2-4-9(11)7-12-16(13,14)8-10-5-3-6-15-10/h9-10,12H,2-8H2,1H3. The van der Waals surface area contributed by atoms with Crippen molar-refractivity contribution >= 4 is 26.0 Å². The maximum atomic E-state index is 11.7. The largest absolute Gasteiger partial charge is 0.377 e. The fraction of sp³-hybridized carbons (Fsp3) is 1.00. The normalized spacial score (nSPS) is 23.5. The molecule has 1 rings (SSSR count). The van der Waals surface area contributed by atoms with E-state index in [1.165, 1.54) is 0 Å². The lowest BCUT2D eigenvalue weighted by Gasteiger charge is -2.13. The average Bonchev–Trinajstić information content (AvgIpc) is 2.67. The van der Waals surface area contributed by atoms with E-state index in [9.17, 15) is 8.42 Å². The molecule has 0 amide bonds. The Labute approximate surface area is 106 Å². The van der Waals surface area contributed by atoms with Crippen LogP contribution in [-0.4, -0.2) is 38.3 Å². The molecule has 0 aromatic heterocycles. The van der Waals surface area contributed by atoms with Crippen molar-refractivity contribution in [2.24, 2.45) is 0 Å². The van der Waals surface area contributed by atoms with Gasteiger partial charge in [0.2, 0.25) is 10.0 Å². The highest BCUT2D eigenvalue weighted by Crippen LogP contribution is 2.14. The van der Waals surface area contributed by atoms with Gasteiger partial charge in [-0.1, -0.05) is 29.3 Å². The van der Waals surface area contributed by atoms with E-state index >= 15 is 0 Å². The molecule has 6 heteroatoms. The van der Waals surface area contributed by atoms with Crippen LogP contribution in [-0.2, 0) is 14.8 Å². The predicted molar refractivity (Wildman–Crippen MR) is 68.4 cm³/mol. The van der Waals surface area contributed by atoms with Crippen LogP contribution in [0.5, 0.6) is 0 Å². The van der Waals surface area contributed by atoms with E-state index in [0.717, 1.165) is 25.7 Å². The maximum Gasteiger partial charge on any atom is 0.214 e. The fourth-order valence-corrected chi connectivity index (χ4v) is 3.87. The first kappa shape index (κ1) is 14.4. The summed E-state index contributed by atoms with van der Waals surface area (Å²) in [6.07, 6.45) is 3.73. The van der Waals surface area contributed by atoms with E-state index in [1.807, 2.05) is 0 Å². The van der Waals surface area contributed by atoms with Crippen molar-refractivity contribution in [3.8, 4) is 0 Å². The van der Waals surface area contributed by atoms with Gasteiger partial charge in [0.05, 0.1) is 11.9 Å². The SMILES string of the molecule is CCCC(Br)CNS(=O)(=O)CC1CCCO1. The molecule has 0 aliphatic carbocycles. The number of alkyl halides is 1. The van der Waals surface area contributed by atoms with Crippen molar-refractivity contribution in [1.82, 2.24) is 4.72 Å². The molecule has 0 aromatic rings. The molecule has 0 radical (unpaired) electrons. The molecule has 1 aliphatic heterocycles. The highest BCUT2D eigenvalue weighted by atomic mass is 79.9. The Kier molecular flexibility index (Phi) is 6.25. The molecule has 0 spiro atoms. The molecule has 1 aliphatic rings. The number of ether oxygens (including phenoxy) is 1. The third kappa shape index (κ3) is 5.61. The molecule has 0 aromatic carbocycles. The molecule has 0 saturated carbocycles. The molecule has 2 atom stereocenters. The third-order valence-corrected chi connectivity index (χ3v) is 4.75. The number of halogens is 1. The Bertz CT molecular complexity index is 288. The minimum absolute atomic E-state index is 0.0961. The zero-order chi connectivity index (χ0) is 12.0. The Morgan fingerprint density at radius 1 is 1.56 bits per heavy atom. The van der Waals surface area contributed by atoms with E-state index in [0.29, 0.717) is 13.2 Å². The van der Waals surface area contributed by atoms with Gasteiger partial charge in [0.1, 0.15) is 0 Å². The molecule has 1 saturated heterocycles. The van der Waals surface area contributed by atoms with Gasteiger partial charge in [0.15, 0.2) is 0 Å². The molecule has 1 fully saturated rings. The first-order chi connectivity index (χ1) is 7.53. The molecule has 4 nitrogen and oxygen atoms in total. The average molecular weight is 314 g/mol. The van der Waals surface area contributed by atoms with Crippen LogP contribution in [0.1, 0.15) is 32.6 Å². The summed E-state index contributed by atoms with van der Waals surface area (Å²) in [5, 5.41) is 0. The van der Waals surface area contributed by atoms with Crippen molar-refractivity contribution < 1.29 is 13.2 Å². The smallest absolute Gasteiger partial charge is 0.214 e. The fourth-order valence-electron chi connectivity index (χ4n) is 1.71. The van der Waals surface area contributed by atoms with E-state index in [1.54, 1.807) is 0 Å². The quantitative estimate of drug-likeness (QED) is 0.727. The minimum Gasteiger partial charge on any atom is -0.377 e. The highest BCUT2D eigenvalue weighted by Gasteiger charge is 2.23. The van der Waals surface area contributed by atoms with Crippen LogP contribution in [0, 0.1) is 0 Å². The van der Waals surface area contributed by atoms with Gasteiger partial charge in [-0.2, -0.15) is 0 Å². The Morgan fingerprint density at radius 3 is 2.88 bits per heavy atom. The van der Waals surface area contributed by atoms with Crippen molar-refractivity contribution in [3.05, 3.63) is 0 Å². The van der Waals surface area contributed by atoms with Crippen LogP contribution in [0.3, 0.4) is 0 Å². The monoisotopic (exact) mass is 313 g/mol. The van der Waals surface area contributed by atoms with E-state index in [-0.39, 0.29) is 16.7 Å². The highest BCUT2D eigenvalue weighted by molar-refractivity contribution is 9.09. The van der Waals surface area contributed by atoms with Gasteiger partial charge >= 0.3 is 0 Å². The molecular formula is C10H20BrNO3S. The van der Waals surface area contributed by atoms with Gasteiger partial charge in [0.25, 0.3) is 0 Å². The molecule has 16 heavy (non-hydrogen) atoms. The Balaban J connectivity index is 2.27. The second-order valence-electron chi connectivity index (χ2n) is 4.15. The lowest BCUT2D eigenvalue weighted by atomic mass is 10.2. The summed E-state index contributed by atoms with van der Waals surface area (Å²) in [6.45, 7) is 3.23. The van der Waals surface area contributed by atoms with Crippen LogP contribution in [0.15, 0.2) is 0 Å². The van der Waals surface area contributed by atoms with Crippen LogP contribution >= 0.6 is 15.9 Å². The maximum absolute atomic E-state index is 11.7.